The van der Waals surface area contributed by atoms with E-state index in [0.717, 1.165) is 12.1 Å². The highest BCUT2D eigenvalue weighted by atomic mass is 19.4. The number of fused-ring (bicyclic) bond motifs is 1. The fraction of sp³-hybridized carbons (Fsp3) is 0.538. The highest BCUT2D eigenvalue weighted by molar-refractivity contribution is 5.45. The maximum absolute atomic E-state index is 11.8. The van der Waals surface area contributed by atoms with Crippen molar-refractivity contribution in [2.45, 2.75) is 19.3 Å². The average molecular weight is 291 g/mol. The van der Waals surface area contributed by atoms with Crippen LogP contribution >= 0.6 is 0 Å². The van der Waals surface area contributed by atoms with E-state index in [2.05, 4.69) is 10.1 Å². The smallest absolute Gasteiger partial charge is 0.491 e. The third kappa shape index (κ3) is 4.01. The van der Waals surface area contributed by atoms with Gasteiger partial charge in [0.25, 0.3) is 0 Å². The minimum atomic E-state index is -4.62. The number of ether oxygens (including phenoxy) is 3. The Hall–Kier alpha value is -1.47. The fourth-order valence-electron chi connectivity index (χ4n) is 2.01. The van der Waals surface area contributed by atoms with Gasteiger partial charge in [-0.1, -0.05) is 6.92 Å². The molecule has 1 aromatic carbocycles. The topological polar surface area (TPSA) is 39.7 Å². The summed E-state index contributed by atoms with van der Waals surface area (Å²) in [5.41, 5.74) is 1.03. The minimum Gasteiger partial charge on any atom is -0.491 e. The second-order valence-corrected chi connectivity index (χ2v) is 4.26. The Morgan fingerprint density at radius 3 is 2.85 bits per heavy atom. The Balaban J connectivity index is 1.86. The molecule has 1 atom stereocenters. The van der Waals surface area contributed by atoms with Crippen LogP contribution in [0.15, 0.2) is 18.2 Å². The van der Waals surface area contributed by atoms with Crippen molar-refractivity contribution in [3.05, 3.63) is 23.8 Å². The van der Waals surface area contributed by atoms with Crippen LogP contribution in [-0.4, -0.2) is 32.7 Å². The summed E-state index contributed by atoms with van der Waals surface area (Å²) in [6, 6.07) is 5.40. The highest BCUT2D eigenvalue weighted by Crippen LogP contribution is 2.35. The number of halogens is 3. The minimum absolute atomic E-state index is 0.151. The first-order chi connectivity index (χ1) is 9.49. The summed E-state index contributed by atoms with van der Waals surface area (Å²) < 4.78 is 49.7. The van der Waals surface area contributed by atoms with Crippen molar-refractivity contribution in [2.24, 2.45) is 0 Å². The molecule has 1 unspecified atom stereocenters. The molecule has 4 nitrogen and oxygen atoms in total. The maximum Gasteiger partial charge on any atom is 0.522 e. The van der Waals surface area contributed by atoms with E-state index in [-0.39, 0.29) is 12.6 Å². The van der Waals surface area contributed by atoms with E-state index in [4.69, 9.17) is 9.47 Å². The van der Waals surface area contributed by atoms with Crippen LogP contribution in [0.25, 0.3) is 0 Å². The van der Waals surface area contributed by atoms with E-state index >= 15 is 0 Å². The lowest BCUT2D eigenvalue weighted by atomic mass is 10.1. The molecule has 0 radical (unpaired) electrons. The van der Waals surface area contributed by atoms with Crippen LogP contribution in [0.4, 0.5) is 13.2 Å². The van der Waals surface area contributed by atoms with Crippen molar-refractivity contribution < 1.29 is 27.4 Å². The lowest BCUT2D eigenvalue weighted by molar-refractivity contribution is -0.325. The quantitative estimate of drug-likeness (QED) is 0.818. The van der Waals surface area contributed by atoms with E-state index in [0.29, 0.717) is 18.1 Å². The molecule has 1 N–H and O–H groups in total. The molecule has 1 heterocycles. The van der Waals surface area contributed by atoms with Crippen LogP contribution in [0.2, 0.25) is 0 Å². The van der Waals surface area contributed by atoms with Crippen molar-refractivity contribution in [1.82, 2.24) is 5.32 Å². The van der Waals surface area contributed by atoms with Gasteiger partial charge in [0.05, 0.1) is 12.6 Å². The third-order valence-electron chi connectivity index (χ3n) is 2.83. The van der Waals surface area contributed by atoms with Crippen molar-refractivity contribution >= 4 is 0 Å². The number of hydrogen-bond acceptors (Lipinski definition) is 4. The van der Waals surface area contributed by atoms with E-state index < -0.39 is 13.0 Å². The first kappa shape index (κ1) is 14.9. The van der Waals surface area contributed by atoms with Crippen molar-refractivity contribution in [3.8, 4) is 11.5 Å². The molecule has 0 saturated heterocycles. The molecule has 0 amide bonds. The van der Waals surface area contributed by atoms with Gasteiger partial charge in [-0.05, 0) is 18.7 Å². The summed E-state index contributed by atoms with van der Waals surface area (Å²) in [6.07, 6.45) is -4.62. The summed E-state index contributed by atoms with van der Waals surface area (Å²) in [6.45, 7) is 2.68. The van der Waals surface area contributed by atoms with Crippen LogP contribution in [0, 0.1) is 0 Å². The normalized spacial score (nSPS) is 17.7. The SMILES string of the molecule is CCNC1COc2cc(OCCOC(F)(F)F)ccc21. The standard InChI is InChI=1S/C13H16F3NO3/c1-2-17-11-8-19-12-7-9(3-4-10(11)12)18-5-6-20-13(14,15)16/h3-4,7,11,17H,2,5-6,8H2,1H3. The van der Waals surface area contributed by atoms with Crippen LogP contribution in [0.1, 0.15) is 18.5 Å². The Bertz CT molecular complexity index is 451. The number of alkyl halides is 3. The van der Waals surface area contributed by atoms with Gasteiger partial charge in [-0.15, -0.1) is 13.2 Å². The monoisotopic (exact) mass is 291 g/mol. The lowest BCUT2D eigenvalue weighted by Crippen LogP contribution is -2.21. The van der Waals surface area contributed by atoms with Gasteiger partial charge >= 0.3 is 6.36 Å². The molecule has 7 heteroatoms. The predicted molar refractivity (Wildman–Crippen MR) is 65.9 cm³/mol. The van der Waals surface area contributed by atoms with Crippen LogP contribution in [0.3, 0.4) is 0 Å². The molecule has 0 aliphatic carbocycles. The summed E-state index contributed by atoms with van der Waals surface area (Å²) in [5, 5.41) is 3.28. The Morgan fingerprint density at radius 2 is 2.15 bits per heavy atom. The maximum atomic E-state index is 11.8. The van der Waals surface area contributed by atoms with Gasteiger partial charge in [0.1, 0.15) is 24.7 Å². The van der Waals surface area contributed by atoms with Crippen molar-refractivity contribution in [1.29, 1.82) is 0 Å². The Labute approximate surface area is 114 Å². The molecule has 1 aliphatic heterocycles. The van der Waals surface area contributed by atoms with E-state index in [1.54, 1.807) is 12.1 Å². The molecule has 0 aromatic heterocycles. The van der Waals surface area contributed by atoms with Crippen molar-refractivity contribution in [3.63, 3.8) is 0 Å². The zero-order valence-electron chi connectivity index (χ0n) is 11.0. The molecule has 20 heavy (non-hydrogen) atoms. The van der Waals surface area contributed by atoms with Gasteiger partial charge in [-0.2, -0.15) is 0 Å². The highest BCUT2D eigenvalue weighted by Gasteiger charge is 2.28. The lowest BCUT2D eigenvalue weighted by Gasteiger charge is -2.11. The van der Waals surface area contributed by atoms with Gasteiger partial charge in [-0.25, -0.2) is 0 Å². The number of nitrogens with one attached hydrogen (secondary N) is 1. The summed E-state index contributed by atoms with van der Waals surface area (Å²) in [4.78, 5) is 0. The first-order valence-corrected chi connectivity index (χ1v) is 6.33. The summed E-state index contributed by atoms with van der Waals surface area (Å²) in [5.74, 6) is 1.16. The van der Waals surface area contributed by atoms with E-state index in [1.165, 1.54) is 0 Å². The van der Waals surface area contributed by atoms with E-state index in [9.17, 15) is 13.2 Å². The molecule has 1 aliphatic rings. The number of benzene rings is 1. The molecule has 1 aromatic rings. The van der Waals surface area contributed by atoms with Crippen molar-refractivity contribution in [2.75, 3.05) is 26.4 Å². The predicted octanol–water partition coefficient (Wildman–Crippen LogP) is 2.64. The van der Waals surface area contributed by atoms with Crippen LogP contribution in [0.5, 0.6) is 11.5 Å². The third-order valence-corrected chi connectivity index (χ3v) is 2.83. The van der Waals surface area contributed by atoms with Crippen LogP contribution < -0.4 is 14.8 Å². The van der Waals surface area contributed by atoms with Gasteiger partial charge in [0, 0.05) is 11.6 Å². The molecule has 0 bridgehead atoms. The second-order valence-electron chi connectivity index (χ2n) is 4.26. The fourth-order valence-corrected chi connectivity index (χ4v) is 2.01. The first-order valence-electron chi connectivity index (χ1n) is 6.33. The molecule has 112 valence electrons. The van der Waals surface area contributed by atoms with Gasteiger partial charge in [0.15, 0.2) is 0 Å². The van der Waals surface area contributed by atoms with Gasteiger partial charge in [-0.3, -0.25) is 4.74 Å². The van der Waals surface area contributed by atoms with E-state index in [1.807, 2.05) is 13.0 Å². The van der Waals surface area contributed by atoms with Gasteiger partial charge in [0.2, 0.25) is 0 Å². The number of likely N-dealkylation sites (N-methyl/N-ethyl adjacent to an activating group) is 1. The molecular formula is C13H16F3NO3. The molecule has 0 fully saturated rings. The average Bonchev–Trinajstić information content (AvgIpc) is 2.77. The Kier molecular flexibility index (Phi) is 4.72. The molecule has 0 spiro atoms. The summed E-state index contributed by atoms with van der Waals surface area (Å²) >= 11 is 0. The second kappa shape index (κ2) is 6.32. The van der Waals surface area contributed by atoms with Crippen LogP contribution in [-0.2, 0) is 4.74 Å². The van der Waals surface area contributed by atoms with Gasteiger partial charge < -0.3 is 14.8 Å². The summed E-state index contributed by atoms with van der Waals surface area (Å²) in [7, 11) is 0. The zero-order chi connectivity index (χ0) is 14.6. The Morgan fingerprint density at radius 1 is 1.35 bits per heavy atom. The number of hydrogen-bond donors (Lipinski definition) is 1. The largest absolute Gasteiger partial charge is 0.522 e. The molecule has 2 rings (SSSR count). The zero-order valence-corrected chi connectivity index (χ0v) is 11.0. The molecular weight excluding hydrogens is 275 g/mol. The number of rotatable bonds is 6. The molecule has 0 saturated carbocycles.